The second-order valence-corrected chi connectivity index (χ2v) is 9.07. The molecule has 0 radical (unpaired) electrons. The summed E-state index contributed by atoms with van der Waals surface area (Å²) in [5, 5.41) is 1.92. The number of fused-ring (bicyclic) bond motifs is 2. The largest absolute Gasteiger partial charge is 0.329 e. The maximum absolute atomic E-state index is 13.3. The van der Waals surface area contributed by atoms with Crippen molar-refractivity contribution >= 4 is 34.8 Å². The molecule has 2 aliphatic rings. The smallest absolute Gasteiger partial charge is 0.256 e. The Bertz CT molecular complexity index is 1130. The lowest BCUT2D eigenvalue weighted by Crippen LogP contribution is -2.43. The Labute approximate surface area is 184 Å². The van der Waals surface area contributed by atoms with Crippen LogP contribution in [0.5, 0.6) is 0 Å². The molecule has 0 unspecified atom stereocenters. The number of aryl methyl sites for hydroxylation is 1. The molecule has 30 heavy (non-hydrogen) atoms. The van der Waals surface area contributed by atoms with E-state index in [1.165, 1.54) is 22.9 Å². The number of imidazole rings is 1. The molecule has 5 nitrogen and oxygen atoms in total. The highest BCUT2D eigenvalue weighted by Crippen LogP contribution is 2.40. The van der Waals surface area contributed by atoms with E-state index in [1.807, 2.05) is 28.8 Å². The van der Waals surface area contributed by atoms with Gasteiger partial charge in [0.15, 0.2) is 5.16 Å². The van der Waals surface area contributed by atoms with Gasteiger partial charge in [0, 0.05) is 31.7 Å². The Hall–Kier alpha value is -2.57. The first-order valence-corrected chi connectivity index (χ1v) is 11.2. The SMILES string of the molecule is Cn1ccnc1Sc1ncc(C(=O)N2[C@@H]3CC[C@@H]2C=C(c2ccccc2)C3)cc1Cl. The van der Waals surface area contributed by atoms with Crippen LogP contribution in [-0.2, 0) is 7.05 Å². The minimum atomic E-state index is 0.00815. The molecule has 152 valence electrons. The number of rotatable bonds is 4. The summed E-state index contributed by atoms with van der Waals surface area (Å²) in [6.45, 7) is 0. The van der Waals surface area contributed by atoms with E-state index >= 15 is 0 Å². The average molecular weight is 437 g/mol. The Morgan fingerprint density at radius 2 is 2.03 bits per heavy atom. The first-order chi connectivity index (χ1) is 14.6. The maximum Gasteiger partial charge on any atom is 0.256 e. The molecule has 7 heteroatoms. The second-order valence-electron chi connectivity index (χ2n) is 7.71. The fraction of sp³-hybridized carbons (Fsp3) is 0.261. The molecule has 1 fully saturated rings. The third-order valence-electron chi connectivity index (χ3n) is 5.79. The Morgan fingerprint density at radius 1 is 1.20 bits per heavy atom. The summed E-state index contributed by atoms with van der Waals surface area (Å²) >= 11 is 7.86. The van der Waals surface area contributed by atoms with Crippen LogP contribution >= 0.6 is 23.4 Å². The predicted octanol–water partition coefficient (Wildman–Crippen LogP) is 5.08. The number of amides is 1. The molecule has 0 spiro atoms. The van der Waals surface area contributed by atoms with Crippen LogP contribution in [0.15, 0.2) is 71.2 Å². The minimum Gasteiger partial charge on any atom is -0.329 e. The zero-order valence-electron chi connectivity index (χ0n) is 16.5. The van der Waals surface area contributed by atoms with Gasteiger partial charge in [0.1, 0.15) is 5.03 Å². The molecule has 2 aliphatic heterocycles. The lowest BCUT2D eigenvalue weighted by molar-refractivity contribution is 0.0692. The first kappa shape index (κ1) is 19.4. The monoisotopic (exact) mass is 436 g/mol. The lowest BCUT2D eigenvalue weighted by Gasteiger charge is -2.34. The van der Waals surface area contributed by atoms with Gasteiger partial charge in [-0.1, -0.05) is 48.0 Å². The highest BCUT2D eigenvalue weighted by Gasteiger charge is 2.40. The van der Waals surface area contributed by atoms with E-state index < -0.39 is 0 Å². The molecule has 1 amide bonds. The number of hydrogen-bond acceptors (Lipinski definition) is 4. The zero-order valence-corrected chi connectivity index (χ0v) is 18.1. The minimum absolute atomic E-state index is 0.00815. The van der Waals surface area contributed by atoms with E-state index in [2.05, 4.69) is 40.3 Å². The predicted molar refractivity (Wildman–Crippen MR) is 119 cm³/mol. The van der Waals surface area contributed by atoms with Gasteiger partial charge in [0.25, 0.3) is 5.91 Å². The molecular formula is C23H21ClN4OS. The van der Waals surface area contributed by atoms with Gasteiger partial charge in [-0.3, -0.25) is 4.79 Å². The van der Waals surface area contributed by atoms with Crippen molar-refractivity contribution in [2.75, 3.05) is 0 Å². The summed E-state index contributed by atoms with van der Waals surface area (Å²) in [4.78, 5) is 24.1. The molecule has 4 heterocycles. The zero-order chi connectivity index (χ0) is 20.7. The highest BCUT2D eigenvalue weighted by molar-refractivity contribution is 7.99. The van der Waals surface area contributed by atoms with Crippen molar-refractivity contribution in [2.45, 2.75) is 41.5 Å². The normalized spacial score (nSPS) is 20.3. The van der Waals surface area contributed by atoms with E-state index in [0.717, 1.165) is 24.4 Å². The van der Waals surface area contributed by atoms with Crippen LogP contribution in [0.2, 0.25) is 5.02 Å². The van der Waals surface area contributed by atoms with Gasteiger partial charge < -0.3 is 9.47 Å². The number of carbonyl (C=O) groups is 1. The fourth-order valence-electron chi connectivity index (χ4n) is 4.32. The Kier molecular flexibility index (Phi) is 5.13. The number of hydrogen-bond donors (Lipinski definition) is 0. The Balaban J connectivity index is 1.37. The van der Waals surface area contributed by atoms with Gasteiger partial charge in [0.2, 0.25) is 0 Å². The van der Waals surface area contributed by atoms with Crippen molar-refractivity contribution in [3.8, 4) is 0 Å². The van der Waals surface area contributed by atoms with Crippen LogP contribution in [-0.4, -0.2) is 37.4 Å². The standard InChI is InChI=1S/C23H21ClN4OS/c1-27-10-9-25-23(27)30-21-20(24)13-17(14-26-21)22(29)28-18-7-8-19(28)12-16(11-18)15-5-3-2-4-6-15/h2-6,9-11,13-14,18-19H,7-8,12H2,1H3/t18-,19-/m1/s1. The second kappa shape index (κ2) is 7.93. The summed E-state index contributed by atoms with van der Waals surface area (Å²) in [6, 6.07) is 12.5. The first-order valence-electron chi connectivity index (χ1n) is 9.99. The highest BCUT2D eigenvalue weighted by atomic mass is 35.5. The average Bonchev–Trinajstić information content (AvgIpc) is 3.28. The van der Waals surface area contributed by atoms with Crippen molar-refractivity contribution in [1.29, 1.82) is 0 Å². The molecule has 2 aromatic heterocycles. The molecule has 0 N–H and O–H groups in total. The summed E-state index contributed by atoms with van der Waals surface area (Å²) in [6.07, 6.45) is 10.4. The van der Waals surface area contributed by atoms with Crippen molar-refractivity contribution in [2.24, 2.45) is 7.05 Å². The molecule has 3 aromatic rings. The number of halogens is 1. The number of benzene rings is 1. The number of pyridine rings is 1. The summed E-state index contributed by atoms with van der Waals surface area (Å²) in [7, 11) is 1.92. The third kappa shape index (κ3) is 3.55. The molecule has 2 bridgehead atoms. The van der Waals surface area contributed by atoms with Crippen LogP contribution in [0.1, 0.15) is 35.2 Å². The van der Waals surface area contributed by atoms with Crippen molar-refractivity contribution in [1.82, 2.24) is 19.4 Å². The van der Waals surface area contributed by atoms with Crippen LogP contribution < -0.4 is 0 Å². The van der Waals surface area contributed by atoms with E-state index in [4.69, 9.17) is 11.6 Å². The molecular weight excluding hydrogens is 416 g/mol. The lowest BCUT2D eigenvalue weighted by atomic mass is 9.94. The van der Waals surface area contributed by atoms with Gasteiger partial charge in [-0.2, -0.15) is 0 Å². The molecule has 2 atom stereocenters. The van der Waals surface area contributed by atoms with Crippen LogP contribution in [0.4, 0.5) is 0 Å². The third-order valence-corrected chi connectivity index (χ3v) is 7.29. The van der Waals surface area contributed by atoms with Crippen LogP contribution in [0.25, 0.3) is 5.57 Å². The van der Waals surface area contributed by atoms with Crippen LogP contribution in [0, 0.1) is 0 Å². The fourth-order valence-corrected chi connectivity index (χ4v) is 5.35. The van der Waals surface area contributed by atoms with E-state index in [1.54, 1.807) is 18.5 Å². The molecule has 0 saturated carbocycles. The van der Waals surface area contributed by atoms with Crippen molar-refractivity contribution in [3.63, 3.8) is 0 Å². The van der Waals surface area contributed by atoms with Gasteiger partial charge in [-0.05, 0) is 48.2 Å². The van der Waals surface area contributed by atoms with Crippen molar-refractivity contribution < 1.29 is 4.79 Å². The Morgan fingerprint density at radius 3 is 2.73 bits per heavy atom. The number of nitrogens with zero attached hydrogens (tertiary/aromatic N) is 4. The molecule has 1 saturated heterocycles. The summed E-state index contributed by atoms with van der Waals surface area (Å²) in [5.74, 6) is 0.00815. The van der Waals surface area contributed by atoms with E-state index in [-0.39, 0.29) is 18.0 Å². The quantitative estimate of drug-likeness (QED) is 0.572. The molecule has 0 aliphatic carbocycles. The topological polar surface area (TPSA) is 51.0 Å². The van der Waals surface area contributed by atoms with E-state index in [0.29, 0.717) is 15.6 Å². The summed E-state index contributed by atoms with van der Waals surface area (Å²) in [5.41, 5.74) is 3.13. The van der Waals surface area contributed by atoms with Gasteiger partial charge in [-0.15, -0.1) is 0 Å². The van der Waals surface area contributed by atoms with Gasteiger partial charge >= 0.3 is 0 Å². The van der Waals surface area contributed by atoms with Crippen molar-refractivity contribution in [3.05, 3.63) is 77.2 Å². The van der Waals surface area contributed by atoms with E-state index in [9.17, 15) is 4.79 Å². The molecule has 1 aromatic carbocycles. The molecule has 5 rings (SSSR count). The van der Waals surface area contributed by atoms with Crippen LogP contribution in [0.3, 0.4) is 0 Å². The van der Waals surface area contributed by atoms with Gasteiger partial charge in [-0.25, -0.2) is 9.97 Å². The summed E-state index contributed by atoms with van der Waals surface area (Å²) < 4.78 is 1.91. The maximum atomic E-state index is 13.3. The number of aromatic nitrogens is 3. The van der Waals surface area contributed by atoms with Gasteiger partial charge in [0.05, 0.1) is 16.6 Å². The number of carbonyl (C=O) groups excluding carboxylic acids is 1.